The molecule has 0 bridgehead atoms. The van der Waals surface area contributed by atoms with Gasteiger partial charge < -0.3 is 15.0 Å². The largest absolute Gasteiger partial charge is 0.497 e. The first-order valence-corrected chi connectivity index (χ1v) is 11.7. The van der Waals surface area contributed by atoms with Gasteiger partial charge in [0, 0.05) is 43.0 Å². The van der Waals surface area contributed by atoms with Gasteiger partial charge in [-0.05, 0) is 50.1 Å². The number of ether oxygens (including phenoxy) is 1. The minimum absolute atomic E-state index is 0.0777. The van der Waals surface area contributed by atoms with E-state index in [0.29, 0.717) is 12.1 Å². The molecule has 192 valence electrons. The summed E-state index contributed by atoms with van der Waals surface area (Å²) in [6, 6.07) is 4.23. The second-order valence-corrected chi connectivity index (χ2v) is 8.60. The molecule has 9 heteroatoms. The second-order valence-electron chi connectivity index (χ2n) is 8.60. The van der Waals surface area contributed by atoms with Crippen molar-refractivity contribution in [2.75, 3.05) is 14.2 Å². The first-order chi connectivity index (χ1) is 17.6. The normalized spacial score (nSPS) is 16.5. The lowest BCUT2D eigenvalue weighted by Crippen LogP contribution is -2.26. The fraction of sp³-hybridized carbons (Fsp3) is 0.286. The molecule has 1 fully saturated rings. The van der Waals surface area contributed by atoms with Crippen molar-refractivity contribution in [1.29, 1.82) is 0 Å². The number of carbonyl (C=O) groups excluding carboxylic acids is 3. The van der Waals surface area contributed by atoms with Crippen LogP contribution in [0.2, 0.25) is 0 Å². The molecule has 2 N–H and O–H groups in total. The Morgan fingerprint density at radius 1 is 1.24 bits per heavy atom. The van der Waals surface area contributed by atoms with Gasteiger partial charge >= 0.3 is 6.03 Å². The molecule has 1 saturated heterocycles. The molecule has 9 nitrogen and oxygen atoms in total. The van der Waals surface area contributed by atoms with E-state index in [0.717, 1.165) is 39.4 Å². The first-order valence-electron chi connectivity index (χ1n) is 11.7. The number of methoxy groups -OCH3 is 1. The van der Waals surface area contributed by atoms with E-state index >= 15 is 0 Å². The van der Waals surface area contributed by atoms with E-state index in [2.05, 4.69) is 34.2 Å². The molecule has 37 heavy (non-hydrogen) atoms. The molecule has 1 aromatic heterocycles. The molecule has 1 aromatic carbocycles. The van der Waals surface area contributed by atoms with Crippen LogP contribution in [-0.2, 0) is 18.4 Å². The minimum atomic E-state index is -0.851. The van der Waals surface area contributed by atoms with E-state index in [1.165, 1.54) is 0 Å². The first kappa shape index (κ1) is 27.0. The molecule has 4 rings (SSSR count). The minimum Gasteiger partial charge on any atom is -0.497 e. The van der Waals surface area contributed by atoms with E-state index in [1.807, 2.05) is 58.2 Å². The summed E-state index contributed by atoms with van der Waals surface area (Å²) < 4.78 is 6.85. The number of aromatic nitrogens is 2. The maximum Gasteiger partial charge on any atom is 0.322 e. The number of carbonyl (C=O) groups is 3. The van der Waals surface area contributed by atoms with Crippen molar-refractivity contribution in [3.63, 3.8) is 0 Å². The van der Waals surface area contributed by atoms with E-state index in [9.17, 15) is 14.4 Å². The molecule has 0 radical (unpaired) electrons. The van der Waals surface area contributed by atoms with Crippen LogP contribution in [0.25, 0.3) is 5.57 Å². The third-order valence-electron chi connectivity index (χ3n) is 6.02. The highest BCUT2D eigenvalue weighted by Crippen LogP contribution is 2.27. The Kier molecular flexibility index (Phi) is 8.35. The Bertz CT molecular complexity index is 1390. The van der Waals surface area contributed by atoms with Gasteiger partial charge in [-0.3, -0.25) is 19.6 Å². The summed E-state index contributed by atoms with van der Waals surface area (Å²) in [7, 11) is 5.28. The molecular weight excluding hydrogens is 470 g/mol. The fourth-order valence-electron chi connectivity index (χ4n) is 3.98. The third kappa shape index (κ3) is 5.98. The van der Waals surface area contributed by atoms with Gasteiger partial charge in [-0.15, -0.1) is 0 Å². The SMILES string of the molecule is C=C(/C(C#CC1NC(=O)NC1=O)=C\C=C/C)c1c(C)nn(C)c1C.COc1ccc2c(c1)C(=O)N(C)C2. The Labute approximate surface area is 216 Å². The number of hydrogen-bond acceptors (Lipinski definition) is 5. The highest BCUT2D eigenvalue weighted by atomic mass is 16.5. The molecule has 0 aliphatic carbocycles. The standard InChI is InChI=1S/C18H20N4O2.C10H11NO2/c1-6-7-8-14(9-10-15-17(23)20-18(24)19-15)11(2)16-12(3)21-22(5)13(16)4;1-11-6-7-3-4-8(13-2)5-9(7)10(11)12/h6-8,15H,2H2,1,3-5H3,(H2,19,20,23,24);3-5H,6H2,1-2H3/b7-6-,14-8-;. The summed E-state index contributed by atoms with van der Waals surface area (Å²) in [4.78, 5) is 36.0. The van der Waals surface area contributed by atoms with Gasteiger partial charge in [0.2, 0.25) is 0 Å². The Balaban J connectivity index is 0.000000244. The number of amides is 4. The van der Waals surface area contributed by atoms with Crippen LogP contribution >= 0.6 is 0 Å². The molecule has 0 spiro atoms. The van der Waals surface area contributed by atoms with Crippen molar-refractivity contribution in [1.82, 2.24) is 25.3 Å². The number of aryl methyl sites for hydroxylation is 2. The van der Waals surface area contributed by atoms with Crippen molar-refractivity contribution in [3.05, 3.63) is 76.7 Å². The van der Waals surface area contributed by atoms with Gasteiger partial charge in [-0.2, -0.15) is 5.10 Å². The molecule has 2 aromatic rings. The third-order valence-corrected chi connectivity index (χ3v) is 6.02. The lowest BCUT2D eigenvalue weighted by atomic mass is 9.97. The zero-order valence-electron chi connectivity index (χ0n) is 21.9. The van der Waals surface area contributed by atoms with Gasteiger partial charge in [-0.25, -0.2) is 4.79 Å². The maximum absolute atomic E-state index is 11.6. The van der Waals surface area contributed by atoms with Gasteiger partial charge in [-0.1, -0.05) is 36.6 Å². The molecule has 1 unspecified atom stereocenters. The van der Waals surface area contributed by atoms with Crippen LogP contribution in [0.3, 0.4) is 0 Å². The number of benzene rings is 1. The van der Waals surface area contributed by atoms with Crippen molar-refractivity contribution in [2.24, 2.45) is 7.05 Å². The Morgan fingerprint density at radius 3 is 2.54 bits per heavy atom. The number of nitrogens with one attached hydrogen (secondary N) is 2. The van der Waals surface area contributed by atoms with Crippen molar-refractivity contribution in [2.45, 2.75) is 33.4 Å². The van der Waals surface area contributed by atoms with Gasteiger partial charge in [0.25, 0.3) is 11.8 Å². The lowest BCUT2D eigenvalue weighted by molar-refractivity contribution is -0.119. The molecule has 3 heterocycles. The molecule has 0 saturated carbocycles. The lowest BCUT2D eigenvalue weighted by Gasteiger charge is -2.06. The highest BCUT2D eigenvalue weighted by molar-refractivity contribution is 6.06. The van der Waals surface area contributed by atoms with Crippen molar-refractivity contribution >= 4 is 23.4 Å². The molecule has 2 aliphatic rings. The number of urea groups is 1. The molecular formula is C28H31N5O4. The van der Waals surface area contributed by atoms with E-state index in [4.69, 9.17) is 4.74 Å². The summed E-state index contributed by atoms with van der Waals surface area (Å²) >= 11 is 0. The zero-order chi connectivity index (χ0) is 27.3. The van der Waals surface area contributed by atoms with Crippen molar-refractivity contribution in [3.8, 4) is 17.6 Å². The van der Waals surface area contributed by atoms with E-state index in [-0.39, 0.29) is 5.91 Å². The Morgan fingerprint density at radius 2 is 1.97 bits per heavy atom. The fourth-order valence-corrected chi connectivity index (χ4v) is 3.98. The average molecular weight is 502 g/mol. The van der Waals surface area contributed by atoms with Crippen molar-refractivity contribution < 1.29 is 19.1 Å². The Hall–Kier alpha value is -4.58. The number of rotatable bonds is 4. The summed E-state index contributed by atoms with van der Waals surface area (Å²) in [6.45, 7) is 10.6. The van der Waals surface area contributed by atoms with Gasteiger partial charge in [0.1, 0.15) is 5.75 Å². The topological polar surface area (TPSA) is 106 Å². The van der Waals surface area contributed by atoms with Crippen LogP contribution in [0.15, 0.2) is 48.6 Å². The number of hydrogen-bond donors (Lipinski definition) is 2. The van der Waals surface area contributed by atoms with E-state index < -0.39 is 18.0 Å². The predicted molar refractivity (Wildman–Crippen MR) is 142 cm³/mol. The summed E-state index contributed by atoms with van der Waals surface area (Å²) in [5, 5.41) is 9.01. The smallest absolute Gasteiger partial charge is 0.322 e. The summed E-state index contributed by atoms with van der Waals surface area (Å²) in [5.41, 5.74) is 6.02. The van der Waals surface area contributed by atoms with Crippen LogP contribution in [0, 0.1) is 25.7 Å². The van der Waals surface area contributed by atoms with Crippen LogP contribution < -0.4 is 15.4 Å². The quantitative estimate of drug-likeness (QED) is 0.381. The number of allylic oxidation sites excluding steroid dienone is 5. The van der Waals surface area contributed by atoms with Crippen LogP contribution in [0.5, 0.6) is 5.75 Å². The molecule has 1 atom stereocenters. The summed E-state index contributed by atoms with van der Waals surface area (Å²) in [5.74, 6) is 6.11. The zero-order valence-corrected chi connectivity index (χ0v) is 21.9. The molecule has 4 amide bonds. The average Bonchev–Trinajstić information content (AvgIpc) is 3.44. The number of imide groups is 1. The van der Waals surface area contributed by atoms with Gasteiger partial charge in [0.15, 0.2) is 6.04 Å². The van der Waals surface area contributed by atoms with Crippen LogP contribution in [0.1, 0.15) is 39.8 Å². The van der Waals surface area contributed by atoms with Gasteiger partial charge in [0.05, 0.1) is 12.8 Å². The van der Waals surface area contributed by atoms with E-state index in [1.54, 1.807) is 29.8 Å². The predicted octanol–water partition coefficient (Wildman–Crippen LogP) is 3.04. The number of fused-ring (bicyclic) bond motifs is 1. The molecule has 2 aliphatic heterocycles. The highest BCUT2D eigenvalue weighted by Gasteiger charge is 2.27. The maximum atomic E-state index is 11.6. The monoisotopic (exact) mass is 501 g/mol. The summed E-state index contributed by atoms with van der Waals surface area (Å²) in [6.07, 6.45) is 5.56. The second kappa shape index (κ2) is 11.4. The number of nitrogens with zero attached hydrogens (tertiary/aromatic N) is 3. The van der Waals surface area contributed by atoms with Crippen LogP contribution in [-0.4, -0.2) is 52.7 Å². The van der Waals surface area contributed by atoms with Crippen LogP contribution in [0.4, 0.5) is 4.79 Å².